The maximum Gasteiger partial charge on any atom is 0.313 e. The molecule has 0 spiro atoms. The fraction of sp³-hybridized carbons (Fsp3) is 0.750. The van der Waals surface area contributed by atoms with E-state index in [-0.39, 0.29) is 16.6 Å². The molecule has 1 aliphatic carbocycles. The van der Waals surface area contributed by atoms with E-state index in [0.29, 0.717) is 17.0 Å². The van der Waals surface area contributed by atoms with Gasteiger partial charge >= 0.3 is 5.97 Å². The first-order valence-electron chi connectivity index (χ1n) is 6.21. The van der Waals surface area contributed by atoms with Crippen molar-refractivity contribution in [2.24, 2.45) is 16.7 Å². The van der Waals surface area contributed by atoms with E-state index < -0.39 is 5.97 Å². The van der Waals surface area contributed by atoms with Crippen molar-refractivity contribution < 1.29 is 9.90 Å². The van der Waals surface area contributed by atoms with Gasteiger partial charge in [-0.15, -0.1) is 10.2 Å². The molecular weight excluding hydrogens is 264 g/mol. The number of nitrogen functional groups attached to an aromatic ring is 1. The van der Waals surface area contributed by atoms with Gasteiger partial charge in [0.2, 0.25) is 5.95 Å². The summed E-state index contributed by atoms with van der Waals surface area (Å²) in [6, 6.07) is 0. The molecule has 7 heteroatoms. The van der Waals surface area contributed by atoms with Crippen LogP contribution in [0.4, 0.5) is 5.95 Å². The third-order valence-corrected chi connectivity index (χ3v) is 5.71. The molecule has 1 saturated carbocycles. The van der Waals surface area contributed by atoms with Gasteiger partial charge < -0.3 is 10.8 Å². The number of thioether (sulfide) groups is 1. The maximum absolute atomic E-state index is 10.6. The molecule has 0 amide bonds. The highest BCUT2D eigenvalue weighted by atomic mass is 32.2. The zero-order chi connectivity index (χ0) is 14.4. The molecule has 19 heavy (non-hydrogen) atoms. The first-order chi connectivity index (χ1) is 8.68. The molecule has 0 radical (unpaired) electrons. The lowest BCUT2D eigenvalue weighted by atomic mass is 10.0. The fourth-order valence-electron chi connectivity index (χ4n) is 2.68. The molecule has 1 aromatic rings. The molecular formula is C12H20N4O2S. The van der Waals surface area contributed by atoms with Gasteiger partial charge in [-0.25, -0.2) is 0 Å². The molecule has 2 rings (SSSR count). The molecule has 6 nitrogen and oxygen atoms in total. The molecule has 1 heterocycles. The quantitative estimate of drug-likeness (QED) is 0.800. The number of carbonyl (C=O) groups is 1. The van der Waals surface area contributed by atoms with Crippen LogP contribution in [0.25, 0.3) is 0 Å². The van der Waals surface area contributed by atoms with Gasteiger partial charge in [0.15, 0.2) is 5.16 Å². The van der Waals surface area contributed by atoms with Crippen LogP contribution in [0.5, 0.6) is 0 Å². The predicted molar refractivity (Wildman–Crippen MR) is 73.8 cm³/mol. The van der Waals surface area contributed by atoms with E-state index in [1.807, 2.05) is 4.57 Å². The van der Waals surface area contributed by atoms with Crippen molar-refractivity contribution in [2.75, 3.05) is 11.5 Å². The summed E-state index contributed by atoms with van der Waals surface area (Å²) in [4.78, 5) is 10.6. The largest absolute Gasteiger partial charge is 0.481 e. The standard InChI is InChI=1S/C12H20N4O2S/c1-11(2)7(12(11,3)4)5-16-9(13)14-15-10(16)19-6-8(17)18/h7H,5-6H2,1-4H3,(H2,13,14)(H,17,18). The van der Waals surface area contributed by atoms with Crippen molar-refractivity contribution in [3.8, 4) is 0 Å². The Bertz CT molecular complexity index is 496. The van der Waals surface area contributed by atoms with Crippen LogP contribution in [0.2, 0.25) is 0 Å². The predicted octanol–water partition coefficient (Wildman–Crippen LogP) is 1.72. The lowest BCUT2D eigenvalue weighted by Crippen LogP contribution is -2.10. The molecule has 1 aliphatic rings. The van der Waals surface area contributed by atoms with Gasteiger partial charge in [0.25, 0.3) is 0 Å². The Kier molecular flexibility index (Phi) is 3.28. The first-order valence-corrected chi connectivity index (χ1v) is 7.19. The van der Waals surface area contributed by atoms with Crippen LogP contribution >= 0.6 is 11.8 Å². The van der Waals surface area contributed by atoms with Gasteiger partial charge in [-0.1, -0.05) is 39.5 Å². The van der Waals surface area contributed by atoms with Gasteiger partial charge in [0.05, 0.1) is 5.75 Å². The number of carboxylic acid groups (broad SMARTS) is 1. The Morgan fingerprint density at radius 1 is 1.37 bits per heavy atom. The highest BCUT2D eigenvalue weighted by molar-refractivity contribution is 7.99. The lowest BCUT2D eigenvalue weighted by molar-refractivity contribution is -0.133. The average molecular weight is 284 g/mol. The topological polar surface area (TPSA) is 94.0 Å². The highest BCUT2D eigenvalue weighted by Gasteiger charge is 2.64. The first kappa shape index (κ1) is 14.2. The second-order valence-electron chi connectivity index (χ2n) is 6.13. The molecule has 1 aromatic heterocycles. The minimum atomic E-state index is -0.870. The number of aromatic nitrogens is 3. The highest BCUT2D eigenvalue weighted by Crippen LogP contribution is 2.69. The van der Waals surface area contributed by atoms with Gasteiger partial charge in [0.1, 0.15) is 0 Å². The zero-order valence-electron chi connectivity index (χ0n) is 11.7. The lowest BCUT2D eigenvalue weighted by Gasteiger charge is -2.08. The number of nitrogens with zero attached hydrogens (tertiary/aromatic N) is 3. The smallest absolute Gasteiger partial charge is 0.313 e. The summed E-state index contributed by atoms with van der Waals surface area (Å²) in [5.41, 5.74) is 6.33. The molecule has 3 N–H and O–H groups in total. The van der Waals surface area contributed by atoms with E-state index in [1.165, 1.54) is 0 Å². The number of hydrogen-bond donors (Lipinski definition) is 2. The minimum Gasteiger partial charge on any atom is -0.481 e. The summed E-state index contributed by atoms with van der Waals surface area (Å²) in [6.07, 6.45) is 0. The molecule has 106 valence electrons. The Labute approximate surface area is 116 Å². The van der Waals surface area contributed by atoms with Crippen molar-refractivity contribution in [3.05, 3.63) is 0 Å². The van der Waals surface area contributed by atoms with Gasteiger partial charge in [-0.2, -0.15) is 0 Å². The normalized spacial score (nSPS) is 20.4. The van der Waals surface area contributed by atoms with Crippen LogP contribution in [0.15, 0.2) is 5.16 Å². The number of rotatable bonds is 5. The molecule has 0 aromatic carbocycles. The number of carboxylic acids is 1. The third kappa shape index (κ3) is 2.31. The summed E-state index contributed by atoms with van der Waals surface area (Å²) in [7, 11) is 0. The van der Waals surface area contributed by atoms with Crippen LogP contribution in [0.1, 0.15) is 27.7 Å². The van der Waals surface area contributed by atoms with E-state index >= 15 is 0 Å². The number of aliphatic carboxylic acids is 1. The van der Waals surface area contributed by atoms with Crippen LogP contribution in [-0.4, -0.2) is 31.6 Å². The molecule has 0 atom stereocenters. The fourth-order valence-corrected chi connectivity index (χ4v) is 3.35. The summed E-state index contributed by atoms with van der Waals surface area (Å²) in [5, 5.41) is 17.1. The number of hydrogen-bond acceptors (Lipinski definition) is 5. The third-order valence-electron chi connectivity index (χ3n) is 4.76. The maximum atomic E-state index is 10.6. The van der Waals surface area contributed by atoms with Crippen molar-refractivity contribution in [2.45, 2.75) is 39.4 Å². The van der Waals surface area contributed by atoms with Crippen LogP contribution < -0.4 is 5.73 Å². The van der Waals surface area contributed by atoms with Gasteiger partial charge in [-0.05, 0) is 16.7 Å². The Morgan fingerprint density at radius 2 is 1.95 bits per heavy atom. The van der Waals surface area contributed by atoms with Crippen molar-refractivity contribution in [1.29, 1.82) is 0 Å². The molecule has 0 aliphatic heterocycles. The number of nitrogens with two attached hydrogens (primary N) is 1. The Balaban J connectivity index is 2.13. The van der Waals surface area contributed by atoms with Crippen LogP contribution in [-0.2, 0) is 11.3 Å². The molecule has 1 fully saturated rings. The summed E-state index contributed by atoms with van der Waals surface area (Å²) < 4.78 is 1.83. The number of anilines is 1. The average Bonchev–Trinajstić information content (AvgIpc) is 2.59. The Morgan fingerprint density at radius 3 is 2.42 bits per heavy atom. The molecule has 0 unspecified atom stereocenters. The Hall–Kier alpha value is -1.24. The SMILES string of the molecule is CC1(C)C(Cn2c(N)nnc2SCC(=O)O)C1(C)C. The van der Waals surface area contributed by atoms with E-state index in [9.17, 15) is 4.79 Å². The monoisotopic (exact) mass is 284 g/mol. The second-order valence-corrected chi connectivity index (χ2v) is 7.07. The van der Waals surface area contributed by atoms with Gasteiger partial charge in [0, 0.05) is 6.54 Å². The zero-order valence-corrected chi connectivity index (χ0v) is 12.5. The van der Waals surface area contributed by atoms with E-state index in [0.717, 1.165) is 18.3 Å². The van der Waals surface area contributed by atoms with Crippen molar-refractivity contribution >= 4 is 23.7 Å². The second kappa shape index (κ2) is 4.40. The van der Waals surface area contributed by atoms with Crippen LogP contribution in [0, 0.1) is 16.7 Å². The molecule has 0 saturated heterocycles. The molecule has 0 bridgehead atoms. The summed E-state index contributed by atoms with van der Waals surface area (Å²) in [6.45, 7) is 9.69. The van der Waals surface area contributed by atoms with Crippen molar-refractivity contribution in [3.63, 3.8) is 0 Å². The van der Waals surface area contributed by atoms with Gasteiger partial charge in [-0.3, -0.25) is 9.36 Å². The van der Waals surface area contributed by atoms with Crippen LogP contribution in [0.3, 0.4) is 0 Å². The summed E-state index contributed by atoms with van der Waals surface area (Å²) >= 11 is 1.16. The van der Waals surface area contributed by atoms with E-state index in [1.54, 1.807) is 0 Å². The van der Waals surface area contributed by atoms with E-state index in [4.69, 9.17) is 10.8 Å². The van der Waals surface area contributed by atoms with Crippen molar-refractivity contribution in [1.82, 2.24) is 14.8 Å². The van der Waals surface area contributed by atoms with E-state index in [2.05, 4.69) is 37.9 Å². The summed E-state index contributed by atoms with van der Waals surface area (Å²) in [5.74, 6) is -0.0608. The minimum absolute atomic E-state index is 0.0322.